The maximum absolute atomic E-state index is 13.3. The fourth-order valence-electron chi connectivity index (χ4n) is 3.34. The number of likely N-dealkylation sites (tertiary alicyclic amines) is 1. The Labute approximate surface area is 179 Å². The fraction of sp³-hybridized carbons (Fsp3) is 0.609. The predicted octanol–water partition coefficient (Wildman–Crippen LogP) is 3.66. The molecule has 1 heterocycles. The van der Waals surface area contributed by atoms with Crippen LogP contribution in [-0.2, 0) is 25.7 Å². The summed E-state index contributed by atoms with van der Waals surface area (Å²) in [5.74, 6) is -0.720. The highest BCUT2D eigenvalue weighted by Gasteiger charge is 2.43. The third-order valence-electron chi connectivity index (χ3n) is 4.81. The standard InChI is InChI=1S/C23H34N2O5/c1-22(2,3)18(24-21(28)30-23(4,5)6)19(26)25-14-10-13-17(25)20(27)29-15-16-11-8-7-9-12-16/h7-9,11-12,17-18H,10,13-15H2,1-6H3,(H,24,28)/t17-,18+/m0/s1. The van der Waals surface area contributed by atoms with Crippen molar-refractivity contribution in [1.29, 1.82) is 0 Å². The maximum Gasteiger partial charge on any atom is 0.408 e. The minimum absolute atomic E-state index is 0.164. The minimum atomic E-state index is -0.824. The van der Waals surface area contributed by atoms with Crippen molar-refractivity contribution in [2.45, 2.75) is 78.7 Å². The van der Waals surface area contributed by atoms with Gasteiger partial charge in [0.15, 0.2) is 0 Å². The van der Waals surface area contributed by atoms with E-state index in [4.69, 9.17) is 9.47 Å². The molecule has 166 valence electrons. The molecule has 1 N–H and O–H groups in total. The van der Waals surface area contributed by atoms with Crippen LogP contribution in [0.2, 0.25) is 0 Å². The smallest absolute Gasteiger partial charge is 0.408 e. The van der Waals surface area contributed by atoms with Gasteiger partial charge >= 0.3 is 12.1 Å². The molecular weight excluding hydrogens is 384 g/mol. The molecule has 0 aromatic heterocycles. The molecule has 7 nitrogen and oxygen atoms in total. The first-order valence-electron chi connectivity index (χ1n) is 10.4. The minimum Gasteiger partial charge on any atom is -0.459 e. The van der Waals surface area contributed by atoms with Crippen LogP contribution in [0.5, 0.6) is 0 Å². The Morgan fingerprint density at radius 2 is 1.73 bits per heavy atom. The molecule has 0 unspecified atom stereocenters. The van der Waals surface area contributed by atoms with E-state index in [0.717, 1.165) is 5.56 Å². The van der Waals surface area contributed by atoms with Gasteiger partial charge in [-0.1, -0.05) is 51.1 Å². The first-order valence-corrected chi connectivity index (χ1v) is 10.4. The van der Waals surface area contributed by atoms with Crippen LogP contribution in [-0.4, -0.2) is 47.1 Å². The third-order valence-corrected chi connectivity index (χ3v) is 4.81. The van der Waals surface area contributed by atoms with Gasteiger partial charge in [-0.2, -0.15) is 0 Å². The van der Waals surface area contributed by atoms with Crippen molar-refractivity contribution in [2.75, 3.05) is 6.54 Å². The fourth-order valence-corrected chi connectivity index (χ4v) is 3.34. The summed E-state index contributed by atoms with van der Waals surface area (Å²) in [4.78, 5) is 39.9. The molecule has 1 aromatic rings. The largest absolute Gasteiger partial charge is 0.459 e. The predicted molar refractivity (Wildman–Crippen MR) is 114 cm³/mol. The number of alkyl carbamates (subject to hydrolysis) is 1. The molecule has 2 amide bonds. The number of hydrogen-bond acceptors (Lipinski definition) is 5. The normalized spacial score (nSPS) is 17.9. The summed E-state index contributed by atoms with van der Waals surface area (Å²) < 4.78 is 10.8. The van der Waals surface area contributed by atoms with Crippen molar-refractivity contribution in [1.82, 2.24) is 10.2 Å². The lowest BCUT2D eigenvalue weighted by molar-refractivity contribution is -0.155. The van der Waals surface area contributed by atoms with E-state index >= 15 is 0 Å². The van der Waals surface area contributed by atoms with Gasteiger partial charge in [-0.25, -0.2) is 9.59 Å². The summed E-state index contributed by atoms with van der Waals surface area (Å²) >= 11 is 0. The van der Waals surface area contributed by atoms with Gasteiger partial charge < -0.3 is 19.7 Å². The second kappa shape index (κ2) is 9.49. The molecule has 7 heteroatoms. The lowest BCUT2D eigenvalue weighted by Gasteiger charge is -2.35. The summed E-state index contributed by atoms with van der Waals surface area (Å²) in [6.45, 7) is 11.5. The summed E-state index contributed by atoms with van der Waals surface area (Å²) in [6.07, 6.45) is 0.598. The Balaban J connectivity index is 2.08. The Morgan fingerprint density at radius 1 is 1.10 bits per heavy atom. The number of nitrogens with one attached hydrogen (secondary N) is 1. The van der Waals surface area contributed by atoms with E-state index in [-0.39, 0.29) is 12.5 Å². The van der Waals surface area contributed by atoms with Gasteiger partial charge in [0.05, 0.1) is 0 Å². The zero-order valence-corrected chi connectivity index (χ0v) is 18.9. The average molecular weight is 419 g/mol. The third kappa shape index (κ3) is 6.75. The van der Waals surface area contributed by atoms with Crippen LogP contribution in [0.3, 0.4) is 0 Å². The van der Waals surface area contributed by atoms with Gasteiger partial charge in [-0.05, 0) is 44.6 Å². The highest BCUT2D eigenvalue weighted by Crippen LogP contribution is 2.27. The lowest BCUT2D eigenvalue weighted by atomic mass is 9.85. The molecule has 1 aliphatic rings. The summed E-state index contributed by atoms with van der Waals surface area (Å²) in [5, 5.41) is 2.70. The van der Waals surface area contributed by atoms with Gasteiger partial charge in [-0.3, -0.25) is 4.79 Å². The van der Waals surface area contributed by atoms with Gasteiger partial charge in [0.1, 0.15) is 24.3 Å². The SMILES string of the molecule is CC(C)(C)OC(=O)N[C@H](C(=O)N1CCC[C@H]1C(=O)OCc1ccccc1)C(C)(C)C. The molecule has 2 rings (SSSR count). The number of esters is 1. The molecule has 1 aromatic carbocycles. The number of ether oxygens (including phenoxy) is 2. The Hall–Kier alpha value is -2.57. The summed E-state index contributed by atoms with van der Waals surface area (Å²) in [7, 11) is 0. The number of rotatable bonds is 5. The molecule has 0 aliphatic carbocycles. The molecule has 2 atom stereocenters. The maximum atomic E-state index is 13.3. The molecule has 30 heavy (non-hydrogen) atoms. The molecule has 0 saturated carbocycles. The number of nitrogens with zero attached hydrogens (tertiary/aromatic N) is 1. The van der Waals surface area contributed by atoms with Crippen LogP contribution in [0.4, 0.5) is 4.79 Å². The van der Waals surface area contributed by atoms with Crippen molar-refractivity contribution < 1.29 is 23.9 Å². The molecule has 1 aliphatic heterocycles. The molecule has 0 spiro atoms. The van der Waals surface area contributed by atoms with Crippen LogP contribution in [0, 0.1) is 5.41 Å². The van der Waals surface area contributed by atoms with E-state index in [1.165, 1.54) is 4.90 Å². The molecule has 1 fully saturated rings. The molecule has 0 radical (unpaired) electrons. The first kappa shape index (κ1) is 23.7. The van der Waals surface area contributed by atoms with E-state index in [2.05, 4.69) is 5.32 Å². The quantitative estimate of drug-likeness (QED) is 0.738. The highest BCUT2D eigenvalue weighted by atomic mass is 16.6. The summed E-state index contributed by atoms with van der Waals surface area (Å²) in [5.41, 5.74) is -0.344. The van der Waals surface area contributed by atoms with E-state index < -0.39 is 35.2 Å². The second-order valence-electron chi connectivity index (χ2n) is 9.73. The second-order valence-corrected chi connectivity index (χ2v) is 9.73. The average Bonchev–Trinajstić information content (AvgIpc) is 3.12. The van der Waals surface area contributed by atoms with E-state index in [9.17, 15) is 14.4 Å². The number of carbonyl (C=O) groups is 3. The topological polar surface area (TPSA) is 84.9 Å². The van der Waals surface area contributed by atoms with Gasteiger partial charge in [0.25, 0.3) is 0 Å². The van der Waals surface area contributed by atoms with E-state index in [1.54, 1.807) is 20.8 Å². The van der Waals surface area contributed by atoms with Crippen molar-refractivity contribution >= 4 is 18.0 Å². The monoisotopic (exact) mass is 418 g/mol. The highest BCUT2D eigenvalue weighted by molar-refractivity contribution is 5.90. The molecular formula is C23H34N2O5. The van der Waals surface area contributed by atoms with Crippen LogP contribution < -0.4 is 5.32 Å². The van der Waals surface area contributed by atoms with E-state index in [1.807, 2.05) is 51.1 Å². The van der Waals surface area contributed by atoms with Gasteiger partial charge in [-0.15, -0.1) is 0 Å². The number of amides is 2. The van der Waals surface area contributed by atoms with Gasteiger partial charge in [0.2, 0.25) is 5.91 Å². The first-order chi connectivity index (χ1) is 13.9. The Morgan fingerprint density at radius 3 is 2.30 bits per heavy atom. The number of hydrogen-bond donors (Lipinski definition) is 1. The van der Waals surface area contributed by atoms with Crippen molar-refractivity contribution in [3.8, 4) is 0 Å². The zero-order valence-electron chi connectivity index (χ0n) is 18.9. The van der Waals surface area contributed by atoms with Crippen LogP contribution in [0.1, 0.15) is 59.9 Å². The Kier molecular flexibility index (Phi) is 7.50. The zero-order chi connectivity index (χ0) is 22.5. The van der Waals surface area contributed by atoms with Crippen LogP contribution >= 0.6 is 0 Å². The Bertz CT molecular complexity index is 749. The number of benzene rings is 1. The number of carbonyl (C=O) groups excluding carboxylic acids is 3. The molecule has 0 bridgehead atoms. The van der Waals surface area contributed by atoms with Crippen molar-refractivity contribution in [3.63, 3.8) is 0 Å². The molecule has 1 saturated heterocycles. The van der Waals surface area contributed by atoms with Crippen LogP contribution in [0.15, 0.2) is 30.3 Å². The summed E-state index contributed by atoms with van der Waals surface area (Å²) in [6, 6.07) is 7.94. The van der Waals surface area contributed by atoms with Crippen molar-refractivity contribution in [2.24, 2.45) is 5.41 Å². The van der Waals surface area contributed by atoms with Gasteiger partial charge in [0, 0.05) is 6.54 Å². The van der Waals surface area contributed by atoms with Crippen LogP contribution in [0.25, 0.3) is 0 Å². The lowest BCUT2D eigenvalue weighted by Crippen LogP contribution is -2.57. The van der Waals surface area contributed by atoms with Crippen molar-refractivity contribution in [3.05, 3.63) is 35.9 Å². The van der Waals surface area contributed by atoms with E-state index in [0.29, 0.717) is 19.4 Å².